The molecule has 2 N–H and O–H groups in total. The summed E-state index contributed by atoms with van der Waals surface area (Å²) in [5.74, 6) is -1.24. The lowest BCUT2D eigenvalue weighted by molar-refractivity contribution is -0.151. The van der Waals surface area contributed by atoms with Crippen LogP contribution in [0.5, 0.6) is 5.75 Å². The average molecular weight is 265 g/mol. The van der Waals surface area contributed by atoms with E-state index in [4.69, 9.17) is 9.84 Å². The predicted octanol–water partition coefficient (Wildman–Crippen LogP) is 2.31. The number of aliphatic carboxylic acids is 1. The molecule has 5 nitrogen and oxygen atoms in total. The zero-order chi connectivity index (χ0) is 14.6. The summed E-state index contributed by atoms with van der Waals surface area (Å²) in [7, 11) is 1.50. The molecular formula is C14H19NO4. The molecule has 0 radical (unpaired) electrons. The fourth-order valence-corrected chi connectivity index (χ4v) is 1.45. The Kier molecular flexibility index (Phi) is 4.53. The second kappa shape index (κ2) is 5.73. The lowest BCUT2D eigenvalue weighted by Gasteiger charge is -2.19. The van der Waals surface area contributed by atoms with E-state index in [9.17, 15) is 9.59 Å². The Hall–Kier alpha value is -2.04. The zero-order valence-corrected chi connectivity index (χ0v) is 11.6. The molecule has 0 spiro atoms. The topological polar surface area (TPSA) is 75.6 Å². The largest absolute Gasteiger partial charge is 0.495 e. The highest BCUT2D eigenvalue weighted by Crippen LogP contribution is 2.28. The van der Waals surface area contributed by atoms with Crippen LogP contribution in [-0.4, -0.2) is 24.1 Å². The van der Waals surface area contributed by atoms with E-state index in [1.54, 1.807) is 12.1 Å². The molecule has 0 unspecified atom stereocenters. The van der Waals surface area contributed by atoms with Gasteiger partial charge in [0.15, 0.2) is 0 Å². The fourth-order valence-electron chi connectivity index (χ4n) is 1.45. The van der Waals surface area contributed by atoms with Crippen LogP contribution in [0.15, 0.2) is 18.2 Å². The Bertz CT molecular complexity index is 494. The number of rotatable bonds is 5. The van der Waals surface area contributed by atoms with Gasteiger partial charge in [0.05, 0.1) is 12.8 Å². The molecule has 0 aliphatic rings. The predicted molar refractivity (Wildman–Crippen MR) is 72.4 cm³/mol. The van der Waals surface area contributed by atoms with Gasteiger partial charge in [-0.2, -0.15) is 0 Å². The summed E-state index contributed by atoms with van der Waals surface area (Å²) in [5, 5.41) is 11.6. The summed E-state index contributed by atoms with van der Waals surface area (Å²) >= 11 is 0. The van der Waals surface area contributed by atoms with Crippen LogP contribution in [0.3, 0.4) is 0 Å². The van der Waals surface area contributed by atoms with Gasteiger partial charge >= 0.3 is 5.97 Å². The highest BCUT2D eigenvalue weighted by atomic mass is 16.5. The van der Waals surface area contributed by atoms with E-state index in [2.05, 4.69) is 5.32 Å². The van der Waals surface area contributed by atoms with Crippen LogP contribution >= 0.6 is 0 Å². The van der Waals surface area contributed by atoms with Crippen LogP contribution in [0.4, 0.5) is 5.69 Å². The number of benzene rings is 1. The number of hydrogen-bond acceptors (Lipinski definition) is 3. The van der Waals surface area contributed by atoms with Gasteiger partial charge in [-0.3, -0.25) is 9.59 Å². The summed E-state index contributed by atoms with van der Waals surface area (Å²) in [5.41, 5.74) is 0.0261. The molecule has 0 fully saturated rings. The van der Waals surface area contributed by atoms with Crippen molar-refractivity contribution in [1.29, 1.82) is 0 Å². The number of carboxylic acids is 1. The Labute approximate surface area is 112 Å². The van der Waals surface area contributed by atoms with Crippen LogP contribution in [0.2, 0.25) is 0 Å². The first-order valence-electron chi connectivity index (χ1n) is 6.04. The fraction of sp³-hybridized carbons (Fsp3) is 0.429. The lowest BCUT2D eigenvalue weighted by Crippen LogP contribution is -2.37. The molecule has 104 valence electrons. The summed E-state index contributed by atoms with van der Waals surface area (Å²) in [6.45, 7) is 4.72. The number of aryl methyl sites for hydroxylation is 1. The van der Waals surface area contributed by atoms with Gasteiger partial charge in [0.2, 0.25) is 5.91 Å². The number of hydrogen-bond donors (Lipinski definition) is 2. The molecule has 1 amide bonds. The molecule has 0 bridgehead atoms. The normalized spacial score (nSPS) is 10.9. The Balaban J connectivity index is 3.04. The number of carbonyl (C=O) groups is 2. The minimum Gasteiger partial charge on any atom is -0.495 e. The summed E-state index contributed by atoms with van der Waals surface area (Å²) in [6, 6.07) is 5.44. The Morgan fingerprint density at radius 1 is 1.37 bits per heavy atom. The van der Waals surface area contributed by atoms with E-state index in [0.717, 1.165) is 12.0 Å². The second-order valence-corrected chi connectivity index (χ2v) is 4.77. The van der Waals surface area contributed by atoms with Gasteiger partial charge < -0.3 is 15.2 Å². The Morgan fingerprint density at radius 2 is 2.00 bits per heavy atom. The van der Waals surface area contributed by atoms with E-state index in [-0.39, 0.29) is 0 Å². The number of methoxy groups -OCH3 is 1. The van der Waals surface area contributed by atoms with Crippen molar-refractivity contribution in [3.05, 3.63) is 23.8 Å². The zero-order valence-electron chi connectivity index (χ0n) is 11.6. The molecule has 0 heterocycles. The number of anilines is 1. The van der Waals surface area contributed by atoms with E-state index >= 15 is 0 Å². The number of carbonyl (C=O) groups excluding carboxylic acids is 1. The minimum atomic E-state index is -1.49. The molecule has 1 rings (SSSR count). The molecule has 0 saturated heterocycles. The van der Waals surface area contributed by atoms with Crippen LogP contribution < -0.4 is 10.1 Å². The maximum atomic E-state index is 12.0. The van der Waals surface area contributed by atoms with Crippen LogP contribution in [-0.2, 0) is 16.0 Å². The third-order valence-corrected chi connectivity index (χ3v) is 3.02. The lowest BCUT2D eigenvalue weighted by atomic mass is 9.92. The summed E-state index contributed by atoms with van der Waals surface area (Å²) < 4.78 is 5.16. The average Bonchev–Trinajstić information content (AvgIpc) is 2.38. The van der Waals surface area contributed by atoms with Gasteiger partial charge in [-0.25, -0.2) is 0 Å². The Morgan fingerprint density at radius 3 is 2.47 bits per heavy atom. The third kappa shape index (κ3) is 3.24. The van der Waals surface area contributed by atoms with Crippen LogP contribution in [0, 0.1) is 5.41 Å². The highest BCUT2D eigenvalue weighted by molar-refractivity contribution is 6.08. The van der Waals surface area contributed by atoms with Crippen molar-refractivity contribution in [2.75, 3.05) is 12.4 Å². The van der Waals surface area contributed by atoms with Gasteiger partial charge in [0.25, 0.3) is 0 Å². The third-order valence-electron chi connectivity index (χ3n) is 3.02. The number of nitrogens with one attached hydrogen (secondary N) is 1. The standard InChI is InChI=1S/C14H19NO4/c1-5-9-6-7-11(19-4)10(8-9)15-12(16)14(2,3)13(17)18/h6-8H,5H2,1-4H3,(H,15,16)(H,17,18). The molecule has 5 heteroatoms. The first kappa shape index (κ1) is 15.0. The van der Waals surface area contributed by atoms with Gasteiger partial charge in [0.1, 0.15) is 11.2 Å². The number of carboxylic acid groups (broad SMARTS) is 1. The van der Waals surface area contributed by atoms with Gasteiger partial charge in [0, 0.05) is 0 Å². The molecule has 0 aromatic heterocycles. The second-order valence-electron chi connectivity index (χ2n) is 4.77. The first-order valence-corrected chi connectivity index (χ1v) is 6.04. The monoisotopic (exact) mass is 265 g/mol. The minimum absolute atomic E-state index is 0.487. The van der Waals surface area contributed by atoms with Crippen molar-refractivity contribution in [1.82, 2.24) is 0 Å². The molecule has 0 saturated carbocycles. The maximum Gasteiger partial charge on any atom is 0.318 e. The maximum absolute atomic E-state index is 12.0. The van der Waals surface area contributed by atoms with Crippen molar-refractivity contribution in [2.45, 2.75) is 27.2 Å². The molecule has 19 heavy (non-hydrogen) atoms. The smallest absolute Gasteiger partial charge is 0.318 e. The molecule has 0 aliphatic heterocycles. The summed E-state index contributed by atoms with van der Waals surface area (Å²) in [4.78, 5) is 23.0. The van der Waals surface area contributed by atoms with E-state index in [0.29, 0.717) is 11.4 Å². The number of amides is 1. The first-order chi connectivity index (χ1) is 8.82. The molecule has 0 atom stereocenters. The molecular weight excluding hydrogens is 246 g/mol. The quantitative estimate of drug-likeness (QED) is 0.801. The van der Waals surface area contributed by atoms with E-state index < -0.39 is 17.3 Å². The SMILES string of the molecule is CCc1ccc(OC)c(NC(=O)C(C)(C)C(=O)O)c1. The van der Waals surface area contributed by atoms with E-state index in [1.165, 1.54) is 21.0 Å². The molecule has 0 aliphatic carbocycles. The van der Waals surface area contributed by atoms with Crippen LogP contribution in [0.1, 0.15) is 26.3 Å². The van der Waals surface area contributed by atoms with Gasteiger partial charge in [-0.05, 0) is 38.0 Å². The van der Waals surface area contributed by atoms with Gasteiger partial charge in [-0.1, -0.05) is 13.0 Å². The van der Waals surface area contributed by atoms with Crippen LogP contribution in [0.25, 0.3) is 0 Å². The van der Waals surface area contributed by atoms with Crippen molar-refractivity contribution in [3.8, 4) is 5.75 Å². The van der Waals surface area contributed by atoms with Gasteiger partial charge in [-0.15, -0.1) is 0 Å². The van der Waals surface area contributed by atoms with Crippen molar-refractivity contribution in [3.63, 3.8) is 0 Å². The molecule has 1 aromatic carbocycles. The van der Waals surface area contributed by atoms with Crippen molar-refractivity contribution in [2.24, 2.45) is 5.41 Å². The highest BCUT2D eigenvalue weighted by Gasteiger charge is 2.36. The summed E-state index contributed by atoms with van der Waals surface area (Å²) in [6.07, 6.45) is 0.815. The van der Waals surface area contributed by atoms with Crippen molar-refractivity contribution < 1.29 is 19.4 Å². The molecule has 1 aromatic rings. The van der Waals surface area contributed by atoms with E-state index in [1.807, 2.05) is 13.0 Å². The van der Waals surface area contributed by atoms with Crippen molar-refractivity contribution >= 4 is 17.6 Å². The number of ether oxygens (including phenoxy) is 1.